The quantitative estimate of drug-likeness (QED) is 0.0189. The fourth-order valence-electron chi connectivity index (χ4n) is 7.01. The Morgan fingerprint density at radius 2 is 1.18 bits per heavy atom. The highest BCUT2D eigenvalue weighted by Crippen LogP contribution is 2.26. The van der Waals surface area contributed by atoms with E-state index in [4.69, 9.17) is 14.0 Å². The van der Waals surface area contributed by atoms with Crippen molar-refractivity contribution in [1.82, 2.24) is 5.32 Å². The van der Waals surface area contributed by atoms with E-state index in [2.05, 4.69) is 35.5 Å². The summed E-state index contributed by atoms with van der Waals surface area (Å²) in [5.74, 6) is -0.713. The van der Waals surface area contributed by atoms with Gasteiger partial charge < -0.3 is 40.3 Å². The first kappa shape index (κ1) is 53.6. The molecule has 1 aliphatic heterocycles. The van der Waals surface area contributed by atoms with Gasteiger partial charge in [0.25, 0.3) is 0 Å². The highest BCUT2D eigenvalue weighted by molar-refractivity contribution is 7.80. The van der Waals surface area contributed by atoms with Crippen molar-refractivity contribution in [2.45, 2.75) is 230 Å². The topological polar surface area (TPSA) is 212 Å². The summed E-state index contributed by atoms with van der Waals surface area (Å²) >= 11 is 0. The number of hydrogen-bond acceptors (Lipinski definition) is 11. The van der Waals surface area contributed by atoms with Crippen molar-refractivity contribution in [3.63, 3.8) is 0 Å². The van der Waals surface area contributed by atoms with Gasteiger partial charge in [-0.3, -0.25) is 9.35 Å². The smallest absolute Gasteiger partial charge is 0.394 e. The number of hydrogen-bond donors (Lipinski definition) is 7. The third-order valence-electron chi connectivity index (χ3n) is 10.6. The van der Waals surface area contributed by atoms with E-state index in [0.29, 0.717) is 12.8 Å². The zero-order chi connectivity index (χ0) is 42.2. The molecule has 57 heavy (non-hydrogen) atoms. The van der Waals surface area contributed by atoms with E-state index in [9.17, 15) is 38.7 Å². The van der Waals surface area contributed by atoms with E-state index in [-0.39, 0.29) is 6.42 Å². The summed E-state index contributed by atoms with van der Waals surface area (Å²) in [6.45, 7) is 3.15. The molecule has 8 atom stereocenters. The SMILES string of the molecule is CCCCCC/C=C/CC/C=C/C(O)C(COC1OC(CO)C(O)C(OS(=O)(=O)O)C1O)NC(=O)C(O)CCCCCCCCCCCCCCCCCCCC. The Hall–Kier alpha value is -1.46. The summed E-state index contributed by atoms with van der Waals surface area (Å²) in [7, 11) is -5.12. The first-order valence-corrected chi connectivity index (χ1v) is 23.7. The normalized spacial score (nSPS) is 22.0. The second-order valence-electron chi connectivity index (χ2n) is 15.8. The predicted molar refractivity (Wildman–Crippen MR) is 224 cm³/mol. The van der Waals surface area contributed by atoms with E-state index in [0.717, 1.165) is 38.5 Å². The molecule has 0 aromatic heterocycles. The monoisotopic (exact) mass is 836 g/mol. The number of aliphatic hydroxyl groups excluding tert-OH is 5. The molecule has 1 amide bonds. The number of unbranched alkanes of at least 4 members (excludes halogenated alkanes) is 22. The van der Waals surface area contributed by atoms with E-state index in [1.54, 1.807) is 6.08 Å². The molecule has 336 valence electrons. The number of carbonyl (C=O) groups excluding carboxylic acids is 1. The Morgan fingerprint density at radius 1 is 0.702 bits per heavy atom. The highest BCUT2D eigenvalue weighted by atomic mass is 32.3. The van der Waals surface area contributed by atoms with Gasteiger partial charge in [-0.25, -0.2) is 4.18 Å². The molecular formula is C43H81NO12S. The molecule has 0 aromatic carbocycles. The van der Waals surface area contributed by atoms with Gasteiger partial charge in [-0.15, -0.1) is 0 Å². The largest absolute Gasteiger partial charge is 0.397 e. The molecule has 8 unspecified atom stereocenters. The van der Waals surface area contributed by atoms with Gasteiger partial charge in [0.15, 0.2) is 6.29 Å². The molecule has 0 aliphatic carbocycles. The maximum absolute atomic E-state index is 13.1. The zero-order valence-electron chi connectivity index (χ0n) is 35.3. The van der Waals surface area contributed by atoms with Crippen LogP contribution in [0.1, 0.15) is 181 Å². The number of carbonyl (C=O) groups is 1. The molecule has 0 aromatic rings. The Kier molecular flexibility index (Phi) is 32.2. The average Bonchev–Trinajstić information content (AvgIpc) is 3.18. The molecule has 0 radical (unpaired) electrons. The van der Waals surface area contributed by atoms with Crippen LogP contribution in [-0.4, -0.2) is 107 Å². The van der Waals surface area contributed by atoms with E-state index >= 15 is 0 Å². The summed E-state index contributed by atoms with van der Waals surface area (Å²) in [6.07, 6.45) is 25.7. The maximum atomic E-state index is 13.1. The van der Waals surface area contributed by atoms with Crippen LogP contribution in [0.15, 0.2) is 24.3 Å². The molecule has 0 saturated carbocycles. The molecule has 7 N–H and O–H groups in total. The first-order chi connectivity index (χ1) is 27.4. The summed E-state index contributed by atoms with van der Waals surface area (Å²) in [4.78, 5) is 13.1. The number of amides is 1. The minimum absolute atomic E-state index is 0.240. The molecule has 1 rings (SSSR count). The summed E-state index contributed by atoms with van der Waals surface area (Å²) in [5.41, 5.74) is 0. The molecule has 1 heterocycles. The van der Waals surface area contributed by atoms with Gasteiger partial charge in [-0.05, 0) is 32.1 Å². The Labute approximate surface area is 345 Å². The Balaban J connectivity index is 2.55. The summed E-state index contributed by atoms with van der Waals surface area (Å²) < 4.78 is 47.3. The van der Waals surface area contributed by atoms with Crippen molar-refractivity contribution in [3.8, 4) is 0 Å². The van der Waals surface area contributed by atoms with Crippen molar-refractivity contribution in [2.75, 3.05) is 13.2 Å². The molecule has 1 aliphatic rings. The van der Waals surface area contributed by atoms with Gasteiger partial charge in [-0.2, -0.15) is 8.42 Å². The fraction of sp³-hybridized carbons (Fsp3) is 0.884. The maximum Gasteiger partial charge on any atom is 0.397 e. The number of nitrogens with one attached hydrogen (secondary N) is 1. The molecule has 13 nitrogen and oxygen atoms in total. The minimum Gasteiger partial charge on any atom is -0.394 e. The zero-order valence-corrected chi connectivity index (χ0v) is 36.1. The molecule has 1 saturated heterocycles. The lowest BCUT2D eigenvalue weighted by atomic mass is 9.99. The van der Waals surface area contributed by atoms with Crippen LogP contribution in [-0.2, 0) is 28.9 Å². The van der Waals surface area contributed by atoms with Gasteiger partial charge in [-0.1, -0.05) is 173 Å². The lowest BCUT2D eigenvalue weighted by molar-refractivity contribution is -0.298. The lowest BCUT2D eigenvalue weighted by Gasteiger charge is -2.41. The van der Waals surface area contributed by atoms with Crippen molar-refractivity contribution in [2.24, 2.45) is 0 Å². The van der Waals surface area contributed by atoms with Gasteiger partial charge in [0.2, 0.25) is 5.91 Å². The molecular weight excluding hydrogens is 755 g/mol. The van der Waals surface area contributed by atoms with Crippen LogP contribution >= 0.6 is 0 Å². The first-order valence-electron chi connectivity index (χ1n) is 22.3. The fourth-order valence-corrected chi connectivity index (χ4v) is 7.51. The summed E-state index contributed by atoms with van der Waals surface area (Å²) in [6, 6.07) is -1.13. The van der Waals surface area contributed by atoms with Crippen molar-refractivity contribution in [1.29, 1.82) is 0 Å². The molecule has 0 bridgehead atoms. The third-order valence-corrected chi connectivity index (χ3v) is 11.1. The van der Waals surface area contributed by atoms with Crippen molar-refractivity contribution in [3.05, 3.63) is 24.3 Å². The Morgan fingerprint density at radius 3 is 1.68 bits per heavy atom. The summed E-state index contributed by atoms with van der Waals surface area (Å²) in [5, 5.41) is 55.0. The molecule has 14 heteroatoms. The van der Waals surface area contributed by atoms with Crippen LogP contribution in [0.3, 0.4) is 0 Å². The van der Waals surface area contributed by atoms with E-state index in [1.807, 2.05) is 0 Å². The average molecular weight is 836 g/mol. The number of allylic oxidation sites excluding steroid dienone is 3. The van der Waals surface area contributed by atoms with Crippen LogP contribution < -0.4 is 5.32 Å². The van der Waals surface area contributed by atoms with Crippen LogP contribution in [0.2, 0.25) is 0 Å². The standard InChI is InChI=1S/C43H81NO12S/c1-3-5-7-9-11-13-15-16-17-18-19-20-21-22-24-26-28-30-32-37(47)42(50)44-35(36(46)31-29-27-25-23-14-12-10-8-6-4-2)34-54-43-40(49)41(56-57(51,52)53)39(48)38(33-45)55-43/h14,23,29,31,35-41,43,45-49H,3-13,15-22,24-28,30,32-34H2,1-2H3,(H,44,50)(H,51,52,53)/b23-14+,31-29+. The van der Waals surface area contributed by atoms with Crippen LogP contribution in [0, 0.1) is 0 Å². The number of aliphatic hydroxyl groups is 5. The second-order valence-corrected chi connectivity index (χ2v) is 16.8. The molecule has 0 spiro atoms. The number of rotatable bonds is 37. The lowest BCUT2D eigenvalue weighted by Crippen LogP contribution is -2.61. The molecule has 1 fully saturated rings. The van der Waals surface area contributed by atoms with Gasteiger partial charge in [0.05, 0.1) is 25.4 Å². The minimum atomic E-state index is -5.12. The third kappa shape index (κ3) is 27.1. The van der Waals surface area contributed by atoms with Gasteiger partial charge in [0.1, 0.15) is 30.5 Å². The van der Waals surface area contributed by atoms with E-state index in [1.165, 1.54) is 115 Å². The van der Waals surface area contributed by atoms with Gasteiger partial charge in [0, 0.05) is 0 Å². The van der Waals surface area contributed by atoms with Crippen molar-refractivity contribution < 1.29 is 57.0 Å². The highest BCUT2D eigenvalue weighted by Gasteiger charge is 2.48. The van der Waals surface area contributed by atoms with Crippen LogP contribution in [0.5, 0.6) is 0 Å². The number of ether oxygens (including phenoxy) is 2. The van der Waals surface area contributed by atoms with Gasteiger partial charge >= 0.3 is 10.4 Å². The van der Waals surface area contributed by atoms with E-state index < -0.39 is 78.5 Å². The second kappa shape index (κ2) is 34.3. The van der Waals surface area contributed by atoms with Crippen LogP contribution in [0.25, 0.3) is 0 Å². The van der Waals surface area contributed by atoms with Crippen molar-refractivity contribution >= 4 is 16.3 Å². The Bertz CT molecular complexity index is 1140. The predicted octanol–water partition coefficient (Wildman–Crippen LogP) is 7.13. The van der Waals surface area contributed by atoms with Crippen LogP contribution in [0.4, 0.5) is 0 Å².